The predicted molar refractivity (Wildman–Crippen MR) is 90.4 cm³/mol. The van der Waals surface area contributed by atoms with Crippen LogP contribution in [0.25, 0.3) is 5.57 Å². The highest BCUT2D eigenvalue weighted by Gasteiger charge is 2.19. The van der Waals surface area contributed by atoms with E-state index in [4.69, 9.17) is 16.7 Å². The van der Waals surface area contributed by atoms with E-state index in [1.165, 1.54) is 12.3 Å². The largest absolute Gasteiger partial charge is 0.477 e. The highest BCUT2D eigenvalue weighted by molar-refractivity contribution is 6.34. The summed E-state index contributed by atoms with van der Waals surface area (Å²) >= 11 is 6.30. The zero-order valence-electron chi connectivity index (χ0n) is 13.2. The van der Waals surface area contributed by atoms with Crippen molar-refractivity contribution in [2.45, 2.75) is 40.2 Å². The van der Waals surface area contributed by atoms with Crippen LogP contribution in [0.5, 0.6) is 0 Å². The average molecular weight is 324 g/mol. The summed E-state index contributed by atoms with van der Waals surface area (Å²) in [4.78, 5) is 23.3. The quantitative estimate of drug-likeness (QED) is 0.767. The number of rotatable bonds is 7. The van der Waals surface area contributed by atoms with Crippen LogP contribution in [0.2, 0.25) is 0 Å². The number of aromatic carboxylic acids is 1. The third-order valence-corrected chi connectivity index (χ3v) is 4.00. The van der Waals surface area contributed by atoms with E-state index < -0.39 is 11.4 Å². The van der Waals surface area contributed by atoms with Gasteiger partial charge >= 0.3 is 5.97 Å². The molecule has 0 saturated carbocycles. The van der Waals surface area contributed by atoms with Crippen LogP contribution >= 0.6 is 11.6 Å². The first kappa shape index (κ1) is 18.2. The molecule has 0 fully saturated rings. The first-order valence-corrected chi connectivity index (χ1v) is 7.75. The third kappa shape index (κ3) is 3.89. The number of carbonyl (C=O) groups is 1. The molecule has 0 aromatic carbocycles. The SMILES string of the molecule is C=C/C(Cl)=C(/c1cc(=O)c(C(=O)O)cn1CCC)C(C)CC. The summed E-state index contributed by atoms with van der Waals surface area (Å²) in [5.41, 5.74) is 0.748. The number of hydrogen-bond donors (Lipinski definition) is 1. The molecule has 0 amide bonds. The second-order valence-corrected chi connectivity index (χ2v) is 5.62. The van der Waals surface area contributed by atoms with Gasteiger partial charge in [-0.25, -0.2) is 4.79 Å². The van der Waals surface area contributed by atoms with Crippen molar-refractivity contribution in [2.24, 2.45) is 5.92 Å². The molecule has 5 heteroatoms. The van der Waals surface area contributed by atoms with Crippen molar-refractivity contribution in [3.05, 3.63) is 51.4 Å². The summed E-state index contributed by atoms with van der Waals surface area (Å²) < 4.78 is 1.79. The van der Waals surface area contributed by atoms with E-state index in [1.54, 1.807) is 10.6 Å². The molecule has 120 valence electrons. The molecule has 0 bridgehead atoms. The number of carboxylic acids is 1. The molecule has 22 heavy (non-hydrogen) atoms. The Bertz CT molecular complexity index is 658. The Morgan fingerprint density at radius 2 is 2.14 bits per heavy atom. The molecule has 4 nitrogen and oxygen atoms in total. The van der Waals surface area contributed by atoms with Crippen LogP contribution < -0.4 is 5.43 Å². The number of aryl methyl sites for hydroxylation is 1. The van der Waals surface area contributed by atoms with Crippen LogP contribution in [0.1, 0.15) is 49.7 Å². The zero-order valence-corrected chi connectivity index (χ0v) is 14.0. The Labute approximate surface area is 135 Å². The minimum Gasteiger partial charge on any atom is -0.477 e. The fraction of sp³-hybridized carbons (Fsp3) is 0.412. The molecule has 1 atom stereocenters. The molecule has 1 unspecified atom stereocenters. The highest BCUT2D eigenvalue weighted by Crippen LogP contribution is 2.31. The Morgan fingerprint density at radius 3 is 2.59 bits per heavy atom. The van der Waals surface area contributed by atoms with Crippen LogP contribution in [0.15, 0.2) is 34.7 Å². The van der Waals surface area contributed by atoms with Crippen molar-refractivity contribution in [1.29, 1.82) is 0 Å². The summed E-state index contributed by atoms with van der Waals surface area (Å²) in [6.45, 7) is 10.3. The summed E-state index contributed by atoms with van der Waals surface area (Å²) in [7, 11) is 0. The highest BCUT2D eigenvalue weighted by atomic mass is 35.5. The average Bonchev–Trinajstić information content (AvgIpc) is 2.49. The summed E-state index contributed by atoms with van der Waals surface area (Å²) in [5.74, 6) is -1.09. The van der Waals surface area contributed by atoms with Crippen molar-refractivity contribution in [3.63, 3.8) is 0 Å². The van der Waals surface area contributed by atoms with E-state index in [0.717, 1.165) is 18.4 Å². The Kier molecular flexibility index (Phi) is 6.62. The lowest BCUT2D eigenvalue weighted by Crippen LogP contribution is -2.21. The van der Waals surface area contributed by atoms with Gasteiger partial charge in [0.15, 0.2) is 5.43 Å². The van der Waals surface area contributed by atoms with E-state index in [0.29, 0.717) is 17.3 Å². The van der Waals surface area contributed by atoms with Gasteiger partial charge in [-0.3, -0.25) is 4.79 Å². The Morgan fingerprint density at radius 1 is 1.50 bits per heavy atom. The fourth-order valence-corrected chi connectivity index (χ4v) is 2.60. The second-order valence-electron chi connectivity index (χ2n) is 5.21. The normalized spacial score (nSPS) is 13.5. The molecule has 0 radical (unpaired) electrons. The maximum atomic E-state index is 12.1. The second kappa shape index (κ2) is 7.99. The fourth-order valence-electron chi connectivity index (χ4n) is 2.32. The van der Waals surface area contributed by atoms with Crippen LogP contribution in [0, 0.1) is 5.92 Å². The molecule has 1 heterocycles. The minimum absolute atomic E-state index is 0.128. The number of nitrogens with zero attached hydrogens (tertiary/aromatic N) is 1. The van der Waals surface area contributed by atoms with E-state index >= 15 is 0 Å². The van der Waals surface area contributed by atoms with Gasteiger partial charge < -0.3 is 9.67 Å². The van der Waals surface area contributed by atoms with Crippen molar-refractivity contribution in [1.82, 2.24) is 4.57 Å². The maximum absolute atomic E-state index is 12.1. The topological polar surface area (TPSA) is 59.3 Å². The Balaban J connectivity index is 3.69. The molecular formula is C17H22ClNO3. The predicted octanol–water partition coefficient (Wildman–Crippen LogP) is 4.14. The molecular weight excluding hydrogens is 302 g/mol. The number of carboxylic acid groups (broad SMARTS) is 1. The van der Waals surface area contributed by atoms with Gasteiger partial charge in [0, 0.05) is 29.5 Å². The summed E-state index contributed by atoms with van der Waals surface area (Å²) in [6.07, 6.45) is 4.61. The van der Waals surface area contributed by atoms with Gasteiger partial charge in [-0.1, -0.05) is 45.0 Å². The van der Waals surface area contributed by atoms with Crippen molar-refractivity contribution >= 4 is 23.1 Å². The monoisotopic (exact) mass is 323 g/mol. The van der Waals surface area contributed by atoms with Crippen LogP contribution in [0.3, 0.4) is 0 Å². The van der Waals surface area contributed by atoms with Crippen molar-refractivity contribution in [3.8, 4) is 0 Å². The molecule has 0 aliphatic rings. The lowest BCUT2D eigenvalue weighted by molar-refractivity contribution is 0.0694. The van der Waals surface area contributed by atoms with E-state index in [9.17, 15) is 9.59 Å². The first-order valence-electron chi connectivity index (χ1n) is 7.37. The number of aromatic nitrogens is 1. The van der Waals surface area contributed by atoms with Gasteiger partial charge in [0.25, 0.3) is 0 Å². The van der Waals surface area contributed by atoms with Crippen LogP contribution in [0.4, 0.5) is 0 Å². The minimum atomic E-state index is -1.22. The molecule has 1 N–H and O–H groups in total. The van der Waals surface area contributed by atoms with Crippen molar-refractivity contribution in [2.75, 3.05) is 0 Å². The standard InChI is InChI=1S/C17H22ClNO3/c1-5-8-19-10-12(17(21)22)15(20)9-14(19)16(11(4)6-2)13(18)7-3/h7,9-11H,3,5-6,8H2,1-2,4H3,(H,21,22)/b16-13-. The lowest BCUT2D eigenvalue weighted by atomic mass is 9.93. The number of halogens is 1. The van der Waals surface area contributed by atoms with Gasteiger partial charge in [-0.2, -0.15) is 0 Å². The van der Waals surface area contributed by atoms with Gasteiger partial charge in [-0.15, -0.1) is 0 Å². The smallest absolute Gasteiger partial charge is 0.341 e. The molecule has 0 spiro atoms. The van der Waals surface area contributed by atoms with Crippen LogP contribution in [-0.4, -0.2) is 15.6 Å². The number of pyridine rings is 1. The van der Waals surface area contributed by atoms with Gasteiger partial charge in [-0.05, 0) is 24.3 Å². The summed E-state index contributed by atoms with van der Waals surface area (Å²) in [5, 5.41) is 9.62. The molecule has 0 saturated heterocycles. The molecule has 0 aliphatic carbocycles. The molecule has 1 aromatic rings. The van der Waals surface area contributed by atoms with E-state index in [1.807, 2.05) is 20.8 Å². The first-order chi connectivity index (χ1) is 10.4. The molecule has 1 aromatic heterocycles. The molecule has 1 rings (SSSR count). The van der Waals surface area contributed by atoms with E-state index in [2.05, 4.69) is 6.58 Å². The zero-order chi connectivity index (χ0) is 16.9. The van der Waals surface area contributed by atoms with Crippen molar-refractivity contribution < 1.29 is 9.90 Å². The molecule has 0 aliphatic heterocycles. The van der Waals surface area contributed by atoms with Gasteiger partial charge in [0.2, 0.25) is 0 Å². The number of allylic oxidation sites excluding steroid dienone is 3. The summed E-state index contributed by atoms with van der Waals surface area (Å²) in [6, 6.07) is 1.37. The number of hydrogen-bond acceptors (Lipinski definition) is 2. The lowest BCUT2D eigenvalue weighted by Gasteiger charge is -2.21. The van der Waals surface area contributed by atoms with Gasteiger partial charge in [0.05, 0.1) is 0 Å². The Hall–Kier alpha value is -1.81. The maximum Gasteiger partial charge on any atom is 0.341 e. The van der Waals surface area contributed by atoms with E-state index in [-0.39, 0.29) is 11.5 Å². The van der Waals surface area contributed by atoms with Crippen LogP contribution in [-0.2, 0) is 6.54 Å². The third-order valence-electron chi connectivity index (χ3n) is 3.64. The van der Waals surface area contributed by atoms with Gasteiger partial charge in [0.1, 0.15) is 5.56 Å².